The summed E-state index contributed by atoms with van der Waals surface area (Å²) in [5.41, 5.74) is 2.21. The molecule has 0 spiro atoms. The van der Waals surface area contributed by atoms with Gasteiger partial charge in [0.25, 0.3) is 0 Å². The van der Waals surface area contributed by atoms with Gasteiger partial charge in [-0.25, -0.2) is 13.4 Å². The summed E-state index contributed by atoms with van der Waals surface area (Å²) in [5, 5.41) is 4.01. The van der Waals surface area contributed by atoms with Gasteiger partial charge in [0.05, 0.1) is 10.6 Å². The van der Waals surface area contributed by atoms with Crippen molar-refractivity contribution in [1.82, 2.24) is 4.98 Å². The first kappa shape index (κ1) is 14.0. The molecule has 0 N–H and O–H groups in total. The van der Waals surface area contributed by atoms with Crippen molar-refractivity contribution in [2.45, 2.75) is 11.8 Å². The van der Waals surface area contributed by atoms with Gasteiger partial charge in [0.15, 0.2) is 15.4 Å². The molecule has 0 aliphatic carbocycles. The predicted octanol–water partition coefficient (Wildman–Crippen LogP) is 3.85. The Balaban J connectivity index is 1.97. The summed E-state index contributed by atoms with van der Waals surface area (Å²) in [4.78, 5) is 4.58. The molecule has 0 amide bonds. The Kier molecular flexibility index (Phi) is 3.65. The molecule has 0 bridgehead atoms. The number of benzene rings is 1. The van der Waals surface area contributed by atoms with E-state index in [9.17, 15) is 8.42 Å². The molecule has 0 atom stereocenters. The molecular formula is C15H13NO3S2. The highest BCUT2D eigenvalue weighted by molar-refractivity contribution is 7.91. The minimum atomic E-state index is -3.23. The average molecular weight is 319 g/mol. The maximum atomic E-state index is 11.9. The number of aromatic nitrogens is 1. The quantitative estimate of drug-likeness (QED) is 0.733. The zero-order valence-electron chi connectivity index (χ0n) is 11.3. The van der Waals surface area contributed by atoms with Gasteiger partial charge in [0.1, 0.15) is 5.52 Å². The first-order chi connectivity index (χ1) is 10.1. The van der Waals surface area contributed by atoms with Crippen LogP contribution in [0.1, 0.15) is 18.4 Å². The van der Waals surface area contributed by atoms with Crippen molar-refractivity contribution in [2.75, 3.05) is 5.75 Å². The topological polar surface area (TPSA) is 60.2 Å². The summed E-state index contributed by atoms with van der Waals surface area (Å²) in [6, 6.07) is 6.75. The Morgan fingerprint density at radius 1 is 1.29 bits per heavy atom. The third kappa shape index (κ3) is 2.91. The highest BCUT2D eigenvalue weighted by atomic mass is 32.2. The van der Waals surface area contributed by atoms with Gasteiger partial charge in [-0.15, -0.1) is 0 Å². The second kappa shape index (κ2) is 5.46. The van der Waals surface area contributed by atoms with Crippen LogP contribution < -0.4 is 0 Å². The first-order valence-electron chi connectivity index (χ1n) is 6.42. The molecule has 1 aromatic carbocycles. The molecule has 0 saturated carbocycles. The zero-order valence-corrected chi connectivity index (χ0v) is 12.9. The van der Waals surface area contributed by atoms with E-state index in [4.69, 9.17) is 4.42 Å². The second-order valence-electron chi connectivity index (χ2n) is 4.48. The van der Waals surface area contributed by atoms with Gasteiger partial charge in [0.2, 0.25) is 5.89 Å². The highest BCUT2D eigenvalue weighted by Crippen LogP contribution is 2.22. The van der Waals surface area contributed by atoms with Crippen LogP contribution in [-0.2, 0) is 9.84 Å². The summed E-state index contributed by atoms with van der Waals surface area (Å²) in [7, 11) is -3.23. The largest absolute Gasteiger partial charge is 0.437 e. The van der Waals surface area contributed by atoms with Gasteiger partial charge in [-0.2, -0.15) is 11.3 Å². The van der Waals surface area contributed by atoms with Crippen molar-refractivity contribution in [1.29, 1.82) is 0 Å². The van der Waals surface area contributed by atoms with E-state index in [0.717, 1.165) is 5.56 Å². The predicted molar refractivity (Wildman–Crippen MR) is 85.0 cm³/mol. The van der Waals surface area contributed by atoms with Crippen molar-refractivity contribution in [3.63, 3.8) is 0 Å². The Labute approximate surface area is 126 Å². The number of nitrogens with zero attached hydrogens (tertiary/aromatic N) is 1. The second-order valence-corrected chi connectivity index (χ2v) is 7.53. The lowest BCUT2D eigenvalue weighted by Crippen LogP contribution is -2.03. The zero-order chi connectivity index (χ0) is 14.9. The van der Waals surface area contributed by atoms with Gasteiger partial charge in [-0.1, -0.05) is 6.92 Å². The van der Waals surface area contributed by atoms with Crippen LogP contribution in [0, 0.1) is 0 Å². The molecule has 0 aliphatic rings. The number of fused-ring (bicyclic) bond motifs is 1. The lowest BCUT2D eigenvalue weighted by atomic mass is 10.3. The van der Waals surface area contributed by atoms with Crippen molar-refractivity contribution >= 4 is 44.4 Å². The van der Waals surface area contributed by atoms with Crippen LogP contribution in [0.25, 0.3) is 23.3 Å². The summed E-state index contributed by atoms with van der Waals surface area (Å²) >= 11 is 1.62. The highest BCUT2D eigenvalue weighted by Gasteiger charge is 2.13. The van der Waals surface area contributed by atoms with Crippen LogP contribution in [0.15, 0.2) is 44.3 Å². The van der Waals surface area contributed by atoms with Crippen molar-refractivity contribution < 1.29 is 12.8 Å². The van der Waals surface area contributed by atoms with Gasteiger partial charge < -0.3 is 4.42 Å². The fourth-order valence-electron chi connectivity index (χ4n) is 1.89. The number of hydrogen-bond acceptors (Lipinski definition) is 5. The van der Waals surface area contributed by atoms with E-state index >= 15 is 0 Å². The Hall–Kier alpha value is -1.92. The normalized spacial score (nSPS) is 12.4. The third-order valence-electron chi connectivity index (χ3n) is 3.08. The molecule has 3 rings (SSSR count). The van der Waals surface area contributed by atoms with E-state index in [-0.39, 0.29) is 10.6 Å². The summed E-state index contributed by atoms with van der Waals surface area (Å²) in [6.45, 7) is 1.62. The Morgan fingerprint density at radius 2 is 2.14 bits per heavy atom. The molecule has 21 heavy (non-hydrogen) atoms. The molecule has 4 nitrogen and oxygen atoms in total. The lowest BCUT2D eigenvalue weighted by molar-refractivity contribution is 0.589. The minimum Gasteiger partial charge on any atom is -0.437 e. The van der Waals surface area contributed by atoms with Crippen LogP contribution in [0.5, 0.6) is 0 Å². The fourth-order valence-corrected chi connectivity index (χ4v) is 3.42. The number of rotatable bonds is 4. The molecule has 2 heterocycles. The van der Waals surface area contributed by atoms with Crippen LogP contribution in [-0.4, -0.2) is 19.2 Å². The SMILES string of the molecule is CCS(=O)(=O)c1ccc2oc(C=Cc3ccsc3)nc2c1. The van der Waals surface area contributed by atoms with E-state index in [0.29, 0.717) is 17.0 Å². The van der Waals surface area contributed by atoms with E-state index in [2.05, 4.69) is 4.98 Å². The van der Waals surface area contributed by atoms with Crippen molar-refractivity contribution in [2.24, 2.45) is 0 Å². The molecule has 108 valence electrons. The van der Waals surface area contributed by atoms with Crippen LogP contribution in [0.3, 0.4) is 0 Å². The Morgan fingerprint density at radius 3 is 2.86 bits per heavy atom. The van der Waals surface area contributed by atoms with Crippen molar-refractivity contribution in [3.05, 3.63) is 46.5 Å². The number of thiophene rings is 1. The molecule has 0 aliphatic heterocycles. The number of hydrogen-bond donors (Lipinski definition) is 0. The van der Waals surface area contributed by atoms with Gasteiger partial charge in [0, 0.05) is 6.08 Å². The Bertz CT molecular complexity index is 890. The average Bonchev–Trinajstić information content (AvgIpc) is 3.13. The standard InChI is InChI=1S/C15H13NO3S2/c1-2-21(17,18)12-4-5-14-13(9-12)16-15(19-14)6-3-11-7-8-20-10-11/h3-10H,2H2,1H3. The fraction of sp³-hybridized carbons (Fsp3) is 0.133. The minimum absolute atomic E-state index is 0.0707. The van der Waals surface area contributed by atoms with E-state index in [1.54, 1.807) is 42.5 Å². The van der Waals surface area contributed by atoms with Crippen LogP contribution in [0.2, 0.25) is 0 Å². The van der Waals surface area contributed by atoms with Gasteiger partial charge >= 0.3 is 0 Å². The van der Waals surface area contributed by atoms with Gasteiger partial charge in [-0.3, -0.25) is 0 Å². The van der Waals surface area contributed by atoms with E-state index in [1.807, 2.05) is 22.9 Å². The molecule has 0 unspecified atom stereocenters. The van der Waals surface area contributed by atoms with E-state index < -0.39 is 9.84 Å². The smallest absolute Gasteiger partial charge is 0.220 e. The lowest BCUT2D eigenvalue weighted by Gasteiger charge is -1.99. The molecular weight excluding hydrogens is 306 g/mol. The molecule has 0 saturated heterocycles. The van der Waals surface area contributed by atoms with Crippen LogP contribution >= 0.6 is 11.3 Å². The van der Waals surface area contributed by atoms with Crippen molar-refractivity contribution in [3.8, 4) is 0 Å². The molecule has 0 radical (unpaired) electrons. The maximum absolute atomic E-state index is 11.9. The molecule has 3 aromatic rings. The first-order valence-corrected chi connectivity index (χ1v) is 9.01. The van der Waals surface area contributed by atoms with Crippen LogP contribution in [0.4, 0.5) is 0 Å². The summed E-state index contributed by atoms with van der Waals surface area (Å²) in [5.74, 6) is 0.531. The molecule has 0 fully saturated rings. The molecule has 2 aromatic heterocycles. The number of oxazole rings is 1. The molecule has 6 heteroatoms. The summed E-state index contributed by atoms with van der Waals surface area (Å²) < 4.78 is 29.3. The monoisotopic (exact) mass is 319 g/mol. The van der Waals surface area contributed by atoms with Gasteiger partial charge in [-0.05, 0) is 46.7 Å². The van der Waals surface area contributed by atoms with E-state index in [1.165, 1.54) is 0 Å². The third-order valence-corrected chi connectivity index (χ3v) is 5.51. The maximum Gasteiger partial charge on any atom is 0.220 e. The summed E-state index contributed by atoms with van der Waals surface area (Å²) in [6.07, 6.45) is 3.68. The number of sulfone groups is 1.